The molecule has 0 bridgehead atoms. The molecule has 2 rings (SSSR count). The van der Waals surface area contributed by atoms with Gasteiger partial charge in [-0.05, 0) is 36.4 Å². The number of carbonyl (C=O) groups is 2. The van der Waals surface area contributed by atoms with Crippen LogP contribution in [0.5, 0.6) is 23.0 Å². The first kappa shape index (κ1) is 19.9. The number of amides is 2. The van der Waals surface area contributed by atoms with E-state index in [1.54, 1.807) is 37.4 Å². The molecule has 0 saturated carbocycles. The molecule has 0 fully saturated rings. The van der Waals surface area contributed by atoms with Crippen molar-refractivity contribution >= 4 is 11.8 Å². The van der Waals surface area contributed by atoms with E-state index in [9.17, 15) is 9.59 Å². The second-order valence-electron chi connectivity index (χ2n) is 5.38. The molecule has 27 heavy (non-hydrogen) atoms. The van der Waals surface area contributed by atoms with Crippen LogP contribution in [0, 0.1) is 0 Å². The Balaban J connectivity index is 1.78. The normalized spacial score (nSPS) is 9.89. The molecule has 0 aliphatic carbocycles. The minimum atomic E-state index is -0.489. The summed E-state index contributed by atoms with van der Waals surface area (Å²) < 4.78 is 20.7. The SMILES string of the molecule is COc1ccc(OCCC(=O)NNC(=O)c2cc(OC)cc(OC)c2)cc1. The van der Waals surface area contributed by atoms with E-state index in [0.717, 1.165) is 5.75 Å². The first-order chi connectivity index (χ1) is 13.0. The zero-order valence-electron chi connectivity index (χ0n) is 15.4. The second kappa shape index (κ2) is 9.91. The molecule has 0 aliphatic heterocycles. The zero-order valence-corrected chi connectivity index (χ0v) is 15.4. The van der Waals surface area contributed by atoms with Gasteiger partial charge in [0.05, 0.1) is 34.4 Å². The van der Waals surface area contributed by atoms with E-state index in [4.69, 9.17) is 18.9 Å². The van der Waals surface area contributed by atoms with Gasteiger partial charge < -0.3 is 18.9 Å². The van der Waals surface area contributed by atoms with Crippen molar-refractivity contribution in [3.05, 3.63) is 48.0 Å². The molecule has 144 valence electrons. The number of hydrogen-bond donors (Lipinski definition) is 2. The van der Waals surface area contributed by atoms with Crippen LogP contribution in [-0.4, -0.2) is 39.8 Å². The van der Waals surface area contributed by atoms with Crippen molar-refractivity contribution in [1.29, 1.82) is 0 Å². The van der Waals surface area contributed by atoms with Crippen molar-refractivity contribution in [3.8, 4) is 23.0 Å². The molecule has 0 spiro atoms. The Labute approximate surface area is 157 Å². The molecule has 2 aromatic carbocycles. The summed E-state index contributed by atoms with van der Waals surface area (Å²) >= 11 is 0. The largest absolute Gasteiger partial charge is 0.497 e. The average Bonchev–Trinajstić information content (AvgIpc) is 2.72. The van der Waals surface area contributed by atoms with Crippen molar-refractivity contribution in [2.75, 3.05) is 27.9 Å². The number of ether oxygens (including phenoxy) is 4. The van der Waals surface area contributed by atoms with Gasteiger partial charge in [0, 0.05) is 11.6 Å². The van der Waals surface area contributed by atoms with E-state index in [1.807, 2.05) is 0 Å². The van der Waals surface area contributed by atoms with E-state index in [-0.39, 0.29) is 18.9 Å². The highest BCUT2D eigenvalue weighted by molar-refractivity contribution is 5.96. The van der Waals surface area contributed by atoms with Crippen LogP contribution in [0.3, 0.4) is 0 Å². The van der Waals surface area contributed by atoms with Crippen LogP contribution in [0.1, 0.15) is 16.8 Å². The Morgan fingerprint density at radius 2 is 1.33 bits per heavy atom. The molecule has 0 atom stereocenters. The van der Waals surface area contributed by atoms with E-state index in [1.165, 1.54) is 26.4 Å². The van der Waals surface area contributed by atoms with Crippen molar-refractivity contribution in [1.82, 2.24) is 10.9 Å². The summed E-state index contributed by atoms with van der Waals surface area (Å²) in [5.74, 6) is 1.41. The minimum Gasteiger partial charge on any atom is -0.497 e. The second-order valence-corrected chi connectivity index (χ2v) is 5.38. The van der Waals surface area contributed by atoms with Gasteiger partial charge in [0.15, 0.2) is 0 Å². The monoisotopic (exact) mass is 374 g/mol. The van der Waals surface area contributed by atoms with Crippen molar-refractivity contribution in [2.24, 2.45) is 0 Å². The summed E-state index contributed by atoms with van der Waals surface area (Å²) in [6.07, 6.45) is 0.0771. The predicted molar refractivity (Wildman–Crippen MR) is 98.3 cm³/mol. The third-order valence-corrected chi connectivity index (χ3v) is 3.59. The van der Waals surface area contributed by atoms with Gasteiger partial charge in [-0.25, -0.2) is 0 Å². The molecule has 0 aliphatic rings. The molecule has 2 N–H and O–H groups in total. The van der Waals surface area contributed by atoms with Gasteiger partial charge in [0.2, 0.25) is 5.91 Å². The van der Waals surface area contributed by atoms with Gasteiger partial charge in [0.1, 0.15) is 23.0 Å². The minimum absolute atomic E-state index is 0.0771. The molecule has 2 aromatic rings. The van der Waals surface area contributed by atoms with Gasteiger partial charge in [-0.2, -0.15) is 0 Å². The van der Waals surface area contributed by atoms with Gasteiger partial charge in [-0.1, -0.05) is 0 Å². The zero-order chi connectivity index (χ0) is 19.6. The lowest BCUT2D eigenvalue weighted by Crippen LogP contribution is -2.42. The quantitative estimate of drug-likeness (QED) is 0.686. The first-order valence-corrected chi connectivity index (χ1v) is 8.15. The molecule has 8 heteroatoms. The maximum Gasteiger partial charge on any atom is 0.269 e. The van der Waals surface area contributed by atoms with Crippen LogP contribution in [-0.2, 0) is 4.79 Å². The molecule has 0 unspecified atom stereocenters. The Bertz CT molecular complexity index is 754. The van der Waals surface area contributed by atoms with Crippen molar-refractivity contribution in [3.63, 3.8) is 0 Å². The van der Waals surface area contributed by atoms with Crippen LogP contribution >= 0.6 is 0 Å². The summed E-state index contributed by atoms with van der Waals surface area (Å²) in [6, 6.07) is 11.7. The fourth-order valence-electron chi connectivity index (χ4n) is 2.13. The summed E-state index contributed by atoms with van der Waals surface area (Å²) in [5.41, 5.74) is 4.98. The molecule has 0 radical (unpaired) electrons. The Hall–Kier alpha value is -3.42. The third-order valence-electron chi connectivity index (χ3n) is 3.59. The Morgan fingerprint density at radius 1 is 0.778 bits per heavy atom. The third kappa shape index (κ3) is 6.10. The number of carbonyl (C=O) groups excluding carboxylic acids is 2. The van der Waals surface area contributed by atoms with Gasteiger partial charge in [-0.3, -0.25) is 20.4 Å². The number of hydrazine groups is 1. The maximum atomic E-state index is 12.2. The average molecular weight is 374 g/mol. The highest BCUT2D eigenvalue weighted by Gasteiger charge is 2.11. The highest BCUT2D eigenvalue weighted by atomic mass is 16.5. The lowest BCUT2D eigenvalue weighted by Gasteiger charge is -2.10. The van der Waals surface area contributed by atoms with Crippen LogP contribution in [0.15, 0.2) is 42.5 Å². The number of methoxy groups -OCH3 is 3. The highest BCUT2D eigenvalue weighted by Crippen LogP contribution is 2.22. The number of rotatable bonds is 8. The van der Waals surface area contributed by atoms with Crippen LogP contribution in [0.4, 0.5) is 0 Å². The standard InChI is InChI=1S/C19H22N2O6/c1-24-14-4-6-15(7-5-14)27-9-8-18(22)20-21-19(23)13-10-16(25-2)12-17(11-13)26-3/h4-7,10-12H,8-9H2,1-3H3,(H,20,22)(H,21,23). The summed E-state index contributed by atoms with van der Waals surface area (Å²) in [6.45, 7) is 0.168. The molecule has 0 aromatic heterocycles. The molecule has 2 amide bonds. The smallest absolute Gasteiger partial charge is 0.269 e. The van der Waals surface area contributed by atoms with Crippen molar-refractivity contribution in [2.45, 2.75) is 6.42 Å². The summed E-state index contributed by atoms with van der Waals surface area (Å²) in [7, 11) is 4.55. The van der Waals surface area contributed by atoms with E-state index in [0.29, 0.717) is 22.8 Å². The molecular weight excluding hydrogens is 352 g/mol. The molecule has 0 heterocycles. The molecule has 0 saturated heterocycles. The molecular formula is C19H22N2O6. The molecule has 8 nitrogen and oxygen atoms in total. The van der Waals surface area contributed by atoms with Crippen molar-refractivity contribution < 1.29 is 28.5 Å². The summed E-state index contributed by atoms with van der Waals surface area (Å²) in [5, 5.41) is 0. The van der Waals surface area contributed by atoms with E-state index in [2.05, 4.69) is 10.9 Å². The van der Waals surface area contributed by atoms with Crippen LogP contribution in [0.25, 0.3) is 0 Å². The lowest BCUT2D eigenvalue weighted by atomic mass is 10.2. The Kier molecular flexibility index (Phi) is 7.30. The van der Waals surface area contributed by atoms with E-state index >= 15 is 0 Å². The number of hydrogen-bond acceptors (Lipinski definition) is 6. The first-order valence-electron chi connectivity index (χ1n) is 8.15. The van der Waals surface area contributed by atoms with Gasteiger partial charge >= 0.3 is 0 Å². The fraction of sp³-hybridized carbons (Fsp3) is 0.263. The lowest BCUT2D eigenvalue weighted by molar-refractivity contribution is -0.122. The fourth-order valence-corrected chi connectivity index (χ4v) is 2.13. The Morgan fingerprint density at radius 3 is 1.89 bits per heavy atom. The van der Waals surface area contributed by atoms with Crippen LogP contribution < -0.4 is 29.8 Å². The number of nitrogens with one attached hydrogen (secondary N) is 2. The van der Waals surface area contributed by atoms with Gasteiger partial charge in [-0.15, -0.1) is 0 Å². The van der Waals surface area contributed by atoms with Crippen LogP contribution in [0.2, 0.25) is 0 Å². The topological polar surface area (TPSA) is 95.1 Å². The van der Waals surface area contributed by atoms with Gasteiger partial charge in [0.25, 0.3) is 5.91 Å². The summed E-state index contributed by atoms with van der Waals surface area (Å²) in [4.78, 5) is 24.0. The van der Waals surface area contributed by atoms with E-state index < -0.39 is 5.91 Å². The predicted octanol–water partition coefficient (Wildman–Crippen LogP) is 1.94. The maximum absolute atomic E-state index is 12.2. The number of benzene rings is 2.